The van der Waals surface area contributed by atoms with E-state index >= 15 is 0 Å². The third-order valence-corrected chi connectivity index (χ3v) is 6.24. The minimum atomic E-state index is -0.274. The molecule has 8 heteroatoms. The van der Waals surface area contributed by atoms with Gasteiger partial charge in [0.25, 0.3) is 5.91 Å². The van der Waals surface area contributed by atoms with Crippen LogP contribution in [0.25, 0.3) is 11.3 Å². The quantitative estimate of drug-likeness (QED) is 0.348. The minimum absolute atomic E-state index is 0.0985. The third-order valence-electron chi connectivity index (χ3n) is 4.13. The second-order valence-electron chi connectivity index (χ2n) is 6.51. The Balaban J connectivity index is 1.70. The highest BCUT2D eigenvalue weighted by molar-refractivity contribution is 8.01. The van der Waals surface area contributed by atoms with Gasteiger partial charge in [0.1, 0.15) is 16.4 Å². The second-order valence-corrected chi connectivity index (χ2v) is 8.73. The summed E-state index contributed by atoms with van der Waals surface area (Å²) in [6.07, 6.45) is 1.63. The lowest BCUT2D eigenvalue weighted by molar-refractivity contribution is -0.119. The van der Waals surface area contributed by atoms with Crippen molar-refractivity contribution in [3.05, 3.63) is 72.8 Å². The number of amides is 2. The molecular weight excluding hydrogens is 430 g/mol. The van der Waals surface area contributed by atoms with Crippen molar-refractivity contribution in [2.75, 3.05) is 24.2 Å². The van der Waals surface area contributed by atoms with Crippen LogP contribution in [-0.2, 0) is 9.59 Å². The van der Waals surface area contributed by atoms with Crippen molar-refractivity contribution in [2.24, 2.45) is 0 Å². The first-order valence-corrected chi connectivity index (χ1v) is 11.4. The van der Waals surface area contributed by atoms with E-state index in [0.29, 0.717) is 27.3 Å². The predicted molar refractivity (Wildman–Crippen MR) is 127 cm³/mol. The number of aromatic nitrogens is 1. The zero-order valence-corrected chi connectivity index (χ0v) is 18.7. The molecule has 0 saturated heterocycles. The molecular formula is C23H23N3O3S2. The van der Waals surface area contributed by atoms with Gasteiger partial charge in [-0.1, -0.05) is 77.7 Å². The van der Waals surface area contributed by atoms with Crippen LogP contribution in [0.3, 0.4) is 0 Å². The molecule has 0 spiro atoms. The van der Waals surface area contributed by atoms with Gasteiger partial charge in [-0.2, -0.15) is 0 Å². The molecule has 0 aliphatic heterocycles. The monoisotopic (exact) mass is 453 g/mol. The van der Waals surface area contributed by atoms with E-state index < -0.39 is 0 Å². The molecule has 0 atom stereocenters. The van der Waals surface area contributed by atoms with Gasteiger partial charge in [-0.3, -0.25) is 9.59 Å². The highest BCUT2D eigenvalue weighted by Crippen LogP contribution is 2.37. The molecule has 1 aromatic heterocycles. The summed E-state index contributed by atoms with van der Waals surface area (Å²) >= 11 is 2.66. The summed E-state index contributed by atoms with van der Waals surface area (Å²) in [5, 5.41) is 6.27. The molecule has 6 nitrogen and oxygen atoms in total. The first-order chi connectivity index (χ1) is 15.1. The molecule has 31 heavy (non-hydrogen) atoms. The topological polar surface area (TPSA) is 80.3 Å². The van der Waals surface area contributed by atoms with Crippen LogP contribution < -0.4 is 15.4 Å². The van der Waals surface area contributed by atoms with Crippen LogP contribution in [0.5, 0.6) is 5.75 Å². The van der Waals surface area contributed by atoms with E-state index in [1.807, 2.05) is 61.5 Å². The Morgan fingerprint density at radius 3 is 2.61 bits per heavy atom. The number of carbonyl (C=O) groups excluding carboxylic acids is 2. The SMILES string of the molecule is C=CCNC(=O)CSc1nc(-c2ccccc2)c(NC(=O)COc2ccccc2C)s1. The number of thiazole rings is 1. The highest BCUT2D eigenvalue weighted by Gasteiger charge is 2.17. The molecule has 0 saturated carbocycles. The Labute approximate surface area is 189 Å². The molecule has 0 radical (unpaired) electrons. The van der Waals surface area contributed by atoms with Crippen molar-refractivity contribution in [3.63, 3.8) is 0 Å². The summed E-state index contributed by atoms with van der Waals surface area (Å²) in [7, 11) is 0. The summed E-state index contributed by atoms with van der Waals surface area (Å²) in [6, 6.07) is 17.2. The van der Waals surface area contributed by atoms with Gasteiger partial charge in [-0.15, -0.1) is 6.58 Å². The van der Waals surface area contributed by atoms with Crippen LogP contribution >= 0.6 is 23.1 Å². The summed E-state index contributed by atoms with van der Waals surface area (Å²) in [4.78, 5) is 29.1. The smallest absolute Gasteiger partial charge is 0.262 e. The minimum Gasteiger partial charge on any atom is -0.483 e. The van der Waals surface area contributed by atoms with Crippen LogP contribution in [0.15, 0.2) is 71.6 Å². The van der Waals surface area contributed by atoms with Crippen molar-refractivity contribution in [2.45, 2.75) is 11.3 Å². The molecule has 2 aromatic carbocycles. The van der Waals surface area contributed by atoms with Crippen molar-refractivity contribution in [3.8, 4) is 17.0 Å². The number of carbonyl (C=O) groups is 2. The van der Waals surface area contributed by atoms with Crippen LogP contribution in [0.4, 0.5) is 5.00 Å². The normalized spacial score (nSPS) is 10.4. The van der Waals surface area contributed by atoms with Gasteiger partial charge >= 0.3 is 0 Å². The van der Waals surface area contributed by atoms with Gasteiger partial charge < -0.3 is 15.4 Å². The largest absolute Gasteiger partial charge is 0.483 e. The maximum absolute atomic E-state index is 12.5. The van der Waals surface area contributed by atoms with E-state index in [9.17, 15) is 9.59 Å². The fraction of sp³-hybridized carbons (Fsp3) is 0.174. The number of hydrogen-bond donors (Lipinski definition) is 2. The van der Waals surface area contributed by atoms with Crippen molar-refractivity contribution in [1.29, 1.82) is 0 Å². The number of ether oxygens (including phenoxy) is 1. The summed E-state index contributed by atoms with van der Waals surface area (Å²) in [6.45, 7) is 5.83. The Morgan fingerprint density at radius 1 is 1.13 bits per heavy atom. The lowest BCUT2D eigenvalue weighted by Gasteiger charge is -2.09. The number of hydrogen-bond acceptors (Lipinski definition) is 6. The first kappa shape index (κ1) is 22.6. The standard InChI is InChI=1S/C23H23N3O3S2/c1-3-13-24-20(28)15-30-23-26-21(17-10-5-4-6-11-17)22(31-23)25-19(27)14-29-18-12-8-7-9-16(18)2/h3-12H,1,13-15H2,2H3,(H,24,28)(H,25,27). The molecule has 0 bridgehead atoms. The maximum atomic E-state index is 12.5. The third kappa shape index (κ3) is 6.70. The van der Waals surface area contributed by atoms with Gasteiger partial charge in [0, 0.05) is 12.1 Å². The summed E-state index contributed by atoms with van der Waals surface area (Å²) in [5.41, 5.74) is 2.52. The molecule has 0 unspecified atom stereocenters. The van der Waals surface area contributed by atoms with E-state index in [2.05, 4.69) is 22.2 Å². The Hall–Kier alpha value is -3.10. The van der Waals surface area contributed by atoms with Crippen LogP contribution in [0.1, 0.15) is 5.56 Å². The number of rotatable bonds is 10. The average Bonchev–Trinajstić information content (AvgIpc) is 3.18. The molecule has 0 fully saturated rings. The number of anilines is 1. The number of nitrogens with one attached hydrogen (secondary N) is 2. The fourth-order valence-electron chi connectivity index (χ4n) is 2.63. The molecule has 0 aliphatic carbocycles. The first-order valence-electron chi connectivity index (χ1n) is 9.61. The average molecular weight is 454 g/mol. The molecule has 1 heterocycles. The fourth-order valence-corrected chi connectivity index (χ4v) is 4.54. The predicted octanol–water partition coefficient (Wildman–Crippen LogP) is 4.53. The lowest BCUT2D eigenvalue weighted by Crippen LogP contribution is -2.24. The van der Waals surface area contributed by atoms with E-state index in [0.717, 1.165) is 11.1 Å². The Bertz CT molecular complexity index is 1050. The number of nitrogens with zero attached hydrogens (tertiary/aromatic N) is 1. The molecule has 3 aromatic rings. The van der Waals surface area contributed by atoms with E-state index in [-0.39, 0.29) is 24.2 Å². The number of aryl methyl sites for hydroxylation is 1. The van der Waals surface area contributed by atoms with E-state index in [4.69, 9.17) is 4.74 Å². The molecule has 0 aliphatic rings. The number of thioether (sulfide) groups is 1. The molecule has 2 N–H and O–H groups in total. The van der Waals surface area contributed by atoms with Gasteiger partial charge in [0.15, 0.2) is 10.9 Å². The van der Waals surface area contributed by atoms with Crippen molar-refractivity contribution in [1.82, 2.24) is 10.3 Å². The zero-order valence-electron chi connectivity index (χ0n) is 17.1. The van der Waals surface area contributed by atoms with E-state index in [1.165, 1.54) is 23.1 Å². The number of benzene rings is 2. The Morgan fingerprint density at radius 2 is 1.87 bits per heavy atom. The lowest BCUT2D eigenvalue weighted by atomic mass is 10.2. The van der Waals surface area contributed by atoms with Gasteiger partial charge in [0.05, 0.1) is 5.75 Å². The molecule has 160 valence electrons. The van der Waals surface area contributed by atoms with Crippen LogP contribution in [-0.4, -0.2) is 35.7 Å². The number of para-hydroxylation sites is 1. The van der Waals surface area contributed by atoms with E-state index in [1.54, 1.807) is 6.08 Å². The Kier molecular flexibility index (Phi) is 8.26. The second kappa shape index (κ2) is 11.3. The van der Waals surface area contributed by atoms with Gasteiger partial charge in [-0.05, 0) is 18.6 Å². The highest BCUT2D eigenvalue weighted by atomic mass is 32.2. The summed E-state index contributed by atoms with van der Waals surface area (Å²) < 4.78 is 6.34. The summed E-state index contributed by atoms with van der Waals surface area (Å²) in [5.74, 6) is 0.536. The van der Waals surface area contributed by atoms with Crippen LogP contribution in [0.2, 0.25) is 0 Å². The molecule has 2 amide bonds. The van der Waals surface area contributed by atoms with Gasteiger partial charge in [-0.25, -0.2) is 4.98 Å². The zero-order chi connectivity index (χ0) is 22.1. The molecule has 3 rings (SSSR count). The van der Waals surface area contributed by atoms with Gasteiger partial charge in [0.2, 0.25) is 5.91 Å². The van der Waals surface area contributed by atoms with Crippen LogP contribution in [0, 0.1) is 6.92 Å². The maximum Gasteiger partial charge on any atom is 0.262 e. The van der Waals surface area contributed by atoms with Crippen molar-refractivity contribution < 1.29 is 14.3 Å². The van der Waals surface area contributed by atoms with Crippen molar-refractivity contribution >= 4 is 39.9 Å².